The Balaban J connectivity index is 1.54. The van der Waals surface area contributed by atoms with Crippen LogP contribution in [0.5, 0.6) is 0 Å². The van der Waals surface area contributed by atoms with Crippen molar-refractivity contribution in [2.45, 2.75) is 6.54 Å². The van der Waals surface area contributed by atoms with Gasteiger partial charge < -0.3 is 10.6 Å². The maximum atomic E-state index is 13.7. The number of amides is 1. The Morgan fingerprint density at radius 1 is 1.07 bits per heavy atom. The van der Waals surface area contributed by atoms with Gasteiger partial charge in [-0.15, -0.1) is 5.10 Å². The van der Waals surface area contributed by atoms with Gasteiger partial charge in [-0.1, -0.05) is 18.2 Å². The van der Waals surface area contributed by atoms with Crippen LogP contribution >= 0.6 is 0 Å². The smallest absolute Gasteiger partial charge is 0.340 e. The van der Waals surface area contributed by atoms with Crippen LogP contribution in [0.2, 0.25) is 0 Å². The van der Waals surface area contributed by atoms with Crippen LogP contribution in [0.4, 0.5) is 26.0 Å². The van der Waals surface area contributed by atoms with E-state index in [1.165, 1.54) is 10.6 Å². The third-order valence-corrected chi connectivity index (χ3v) is 4.00. The highest BCUT2D eigenvalue weighted by atomic mass is 19.1. The van der Waals surface area contributed by atoms with Gasteiger partial charge in [0.25, 0.3) is 5.78 Å². The number of fused-ring (bicyclic) bond motifs is 1. The topological polar surface area (TPSA) is 93.3 Å². The SMILES string of the molecule is O=C(Cn1nc2nc(Nc3ccccc3)ccn2c1=O)Nc1cc(F)ccc1F. The standard InChI is InChI=1S/C19H14F2N6O2/c20-12-6-7-14(21)15(10-12)23-17(28)11-27-19(29)26-9-8-16(24-18(26)25-27)22-13-4-2-1-3-5-13/h1-10H,11H2,(H,23,28)(H,22,24,25). The van der Waals surface area contributed by atoms with Crippen molar-refractivity contribution in [2.75, 3.05) is 10.6 Å². The summed E-state index contributed by atoms with van der Waals surface area (Å²) in [5.74, 6) is -1.68. The Bertz CT molecular complexity index is 1250. The molecule has 2 N–H and O–H groups in total. The summed E-state index contributed by atoms with van der Waals surface area (Å²) in [6.45, 7) is -0.487. The third-order valence-electron chi connectivity index (χ3n) is 4.00. The van der Waals surface area contributed by atoms with E-state index >= 15 is 0 Å². The summed E-state index contributed by atoms with van der Waals surface area (Å²) >= 11 is 0. The van der Waals surface area contributed by atoms with Crippen molar-refractivity contribution in [3.8, 4) is 0 Å². The van der Waals surface area contributed by atoms with Crippen molar-refractivity contribution >= 4 is 28.9 Å². The highest BCUT2D eigenvalue weighted by Gasteiger charge is 2.14. The average Bonchev–Trinajstić information content (AvgIpc) is 3.00. The van der Waals surface area contributed by atoms with Gasteiger partial charge in [-0.3, -0.25) is 4.79 Å². The molecular weight excluding hydrogens is 382 g/mol. The van der Waals surface area contributed by atoms with Crippen LogP contribution in [0.25, 0.3) is 5.78 Å². The molecule has 2 aromatic carbocycles. The molecule has 0 bridgehead atoms. The summed E-state index contributed by atoms with van der Waals surface area (Å²) in [5.41, 5.74) is -0.101. The molecule has 0 aliphatic carbocycles. The zero-order valence-corrected chi connectivity index (χ0v) is 14.8. The lowest BCUT2D eigenvalue weighted by Crippen LogP contribution is -2.28. The van der Waals surface area contributed by atoms with Crippen molar-refractivity contribution in [2.24, 2.45) is 0 Å². The lowest BCUT2D eigenvalue weighted by atomic mass is 10.3. The van der Waals surface area contributed by atoms with Crippen LogP contribution in [0.3, 0.4) is 0 Å². The normalized spacial score (nSPS) is 10.8. The maximum absolute atomic E-state index is 13.7. The molecule has 0 spiro atoms. The molecule has 2 heterocycles. The number of para-hydroxylation sites is 1. The Hall–Kier alpha value is -4.08. The molecule has 0 aliphatic heterocycles. The molecule has 146 valence electrons. The number of rotatable bonds is 5. The fourth-order valence-electron chi connectivity index (χ4n) is 2.67. The summed E-state index contributed by atoms with van der Waals surface area (Å²) in [7, 11) is 0. The number of hydrogen-bond acceptors (Lipinski definition) is 5. The van der Waals surface area contributed by atoms with Crippen LogP contribution in [0, 0.1) is 11.6 Å². The van der Waals surface area contributed by atoms with Crippen molar-refractivity contribution in [1.82, 2.24) is 19.2 Å². The first-order chi connectivity index (χ1) is 14.0. The van der Waals surface area contributed by atoms with Crippen LogP contribution < -0.4 is 16.3 Å². The van der Waals surface area contributed by atoms with Crippen molar-refractivity contribution < 1.29 is 13.6 Å². The van der Waals surface area contributed by atoms with E-state index in [1.807, 2.05) is 30.3 Å². The average molecular weight is 396 g/mol. The van der Waals surface area contributed by atoms with Gasteiger partial charge in [0.05, 0.1) is 5.69 Å². The van der Waals surface area contributed by atoms with Gasteiger partial charge in [-0.25, -0.2) is 22.7 Å². The Morgan fingerprint density at radius 2 is 1.86 bits per heavy atom. The summed E-state index contributed by atoms with van der Waals surface area (Å²) < 4.78 is 28.9. The number of anilines is 3. The Kier molecular flexibility index (Phi) is 4.73. The van der Waals surface area contributed by atoms with Crippen molar-refractivity contribution in [3.63, 3.8) is 0 Å². The van der Waals surface area contributed by atoms with E-state index in [0.717, 1.165) is 28.6 Å². The molecule has 0 saturated heterocycles. The number of carbonyl (C=O) groups is 1. The predicted octanol–water partition coefficient (Wildman–Crippen LogP) is 2.55. The van der Waals surface area contributed by atoms with Gasteiger partial charge in [0.2, 0.25) is 5.91 Å². The van der Waals surface area contributed by atoms with Gasteiger partial charge in [0, 0.05) is 18.0 Å². The molecule has 0 radical (unpaired) electrons. The number of hydrogen-bond donors (Lipinski definition) is 2. The first-order valence-electron chi connectivity index (χ1n) is 8.53. The molecule has 8 nitrogen and oxygen atoms in total. The van der Waals surface area contributed by atoms with Crippen LogP contribution in [0.1, 0.15) is 0 Å². The van der Waals surface area contributed by atoms with E-state index in [0.29, 0.717) is 5.82 Å². The summed E-state index contributed by atoms with van der Waals surface area (Å²) in [6.07, 6.45) is 1.48. The highest BCUT2D eigenvalue weighted by molar-refractivity contribution is 5.90. The first-order valence-corrected chi connectivity index (χ1v) is 8.53. The number of nitrogens with one attached hydrogen (secondary N) is 2. The molecule has 4 rings (SSSR count). The van der Waals surface area contributed by atoms with E-state index in [-0.39, 0.29) is 11.5 Å². The van der Waals surface area contributed by atoms with Crippen LogP contribution in [-0.4, -0.2) is 25.1 Å². The molecule has 4 aromatic rings. The molecule has 0 atom stereocenters. The largest absolute Gasteiger partial charge is 0.352 e. The minimum absolute atomic E-state index is 0.0840. The summed E-state index contributed by atoms with van der Waals surface area (Å²) in [4.78, 5) is 28.8. The lowest BCUT2D eigenvalue weighted by Gasteiger charge is -2.05. The number of benzene rings is 2. The van der Waals surface area contributed by atoms with Gasteiger partial charge in [0.15, 0.2) is 0 Å². The zero-order chi connectivity index (χ0) is 20.4. The molecule has 0 unspecified atom stereocenters. The van der Waals surface area contributed by atoms with E-state index in [1.54, 1.807) is 6.07 Å². The van der Waals surface area contributed by atoms with E-state index in [2.05, 4.69) is 20.7 Å². The van der Waals surface area contributed by atoms with Gasteiger partial charge in [-0.2, -0.15) is 4.98 Å². The Labute approximate surface area is 162 Å². The monoisotopic (exact) mass is 396 g/mol. The lowest BCUT2D eigenvalue weighted by molar-refractivity contribution is -0.117. The molecule has 0 fully saturated rings. The third kappa shape index (κ3) is 3.95. The van der Waals surface area contributed by atoms with Gasteiger partial charge in [-0.05, 0) is 30.3 Å². The molecular formula is C19H14F2N6O2. The number of nitrogens with zero attached hydrogens (tertiary/aromatic N) is 4. The minimum Gasteiger partial charge on any atom is -0.340 e. The van der Waals surface area contributed by atoms with Crippen LogP contribution in [0.15, 0.2) is 65.6 Å². The maximum Gasteiger partial charge on any atom is 0.352 e. The number of halogens is 2. The zero-order valence-electron chi connectivity index (χ0n) is 14.8. The molecule has 0 saturated carbocycles. The fraction of sp³-hybridized carbons (Fsp3) is 0.0526. The van der Waals surface area contributed by atoms with Crippen molar-refractivity contribution in [1.29, 1.82) is 0 Å². The predicted molar refractivity (Wildman–Crippen MR) is 102 cm³/mol. The molecule has 0 aliphatic rings. The van der Waals surface area contributed by atoms with E-state index in [9.17, 15) is 18.4 Å². The molecule has 29 heavy (non-hydrogen) atoms. The summed E-state index contributed by atoms with van der Waals surface area (Å²) in [6, 6.07) is 13.6. The number of carbonyl (C=O) groups excluding carboxylic acids is 1. The Morgan fingerprint density at radius 3 is 2.66 bits per heavy atom. The second kappa shape index (κ2) is 7.50. The fourth-order valence-corrected chi connectivity index (χ4v) is 2.67. The quantitative estimate of drug-likeness (QED) is 0.541. The molecule has 10 heteroatoms. The van der Waals surface area contributed by atoms with Gasteiger partial charge >= 0.3 is 5.69 Å². The highest BCUT2D eigenvalue weighted by Crippen LogP contribution is 2.15. The van der Waals surface area contributed by atoms with Crippen molar-refractivity contribution in [3.05, 3.63) is 82.9 Å². The number of aromatic nitrogens is 4. The second-order valence-corrected chi connectivity index (χ2v) is 6.09. The second-order valence-electron chi connectivity index (χ2n) is 6.09. The molecule has 2 aromatic heterocycles. The molecule has 1 amide bonds. The van der Waals surface area contributed by atoms with E-state index in [4.69, 9.17) is 0 Å². The minimum atomic E-state index is -0.791. The first kappa shape index (κ1) is 18.3. The summed E-state index contributed by atoms with van der Waals surface area (Å²) in [5, 5.41) is 9.32. The van der Waals surface area contributed by atoms with E-state index < -0.39 is 29.8 Å². The van der Waals surface area contributed by atoms with Gasteiger partial charge in [0.1, 0.15) is 24.0 Å². The van der Waals surface area contributed by atoms with Crippen LogP contribution in [-0.2, 0) is 11.3 Å².